The summed E-state index contributed by atoms with van der Waals surface area (Å²) in [6.07, 6.45) is 4.70. The van der Waals surface area contributed by atoms with Gasteiger partial charge in [0.05, 0.1) is 4.75 Å². The Kier molecular flexibility index (Phi) is 5.71. The van der Waals surface area contributed by atoms with Gasteiger partial charge in [-0.3, -0.25) is 4.98 Å². The molecule has 0 aliphatic carbocycles. The normalized spacial score (nSPS) is 14.2. The highest BCUT2D eigenvalue weighted by Crippen LogP contribution is 2.23. The van der Waals surface area contributed by atoms with E-state index < -0.39 is 14.6 Å². The Labute approximate surface area is 122 Å². The van der Waals surface area contributed by atoms with Crippen LogP contribution in [0.3, 0.4) is 0 Å². The van der Waals surface area contributed by atoms with Crippen LogP contribution in [0.1, 0.15) is 38.4 Å². The predicted molar refractivity (Wildman–Crippen MR) is 83.7 cm³/mol. The van der Waals surface area contributed by atoms with Gasteiger partial charge < -0.3 is 5.32 Å². The zero-order valence-corrected chi connectivity index (χ0v) is 13.9. The van der Waals surface area contributed by atoms with Crippen LogP contribution in [0.2, 0.25) is 0 Å². The monoisotopic (exact) mass is 298 g/mol. The van der Waals surface area contributed by atoms with Gasteiger partial charge in [-0.1, -0.05) is 13.0 Å². The first kappa shape index (κ1) is 17.1. The van der Waals surface area contributed by atoms with Crippen molar-refractivity contribution in [3.63, 3.8) is 0 Å². The highest BCUT2D eigenvalue weighted by Gasteiger charge is 2.38. The molecule has 1 rings (SSSR count). The van der Waals surface area contributed by atoms with Gasteiger partial charge in [0.25, 0.3) is 0 Å². The molecule has 1 aromatic rings. The van der Waals surface area contributed by atoms with E-state index in [0.717, 1.165) is 24.2 Å². The fraction of sp³-hybridized carbons (Fsp3) is 0.667. The minimum atomic E-state index is -3.15. The van der Waals surface area contributed by atoms with Gasteiger partial charge in [-0.2, -0.15) is 0 Å². The molecule has 0 bridgehead atoms. The Balaban J connectivity index is 2.98. The molecule has 0 amide bonds. The lowest BCUT2D eigenvalue weighted by Gasteiger charge is -2.33. The topological polar surface area (TPSA) is 59.1 Å². The fourth-order valence-corrected chi connectivity index (χ4v) is 2.65. The van der Waals surface area contributed by atoms with Crippen molar-refractivity contribution < 1.29 is 8.42 Å². The second kappa shape index (κ2) is 6.68. The SMILES string of the molecule is CCCNC(Cc1ccc(C)cn1)C(C)(C)S(C)(=O)=O. The molecule has 5 heteroatoms. The Hall–Kier alpha value is -0.940. The molecule has 1 aromatic heterocycles. The molecule has 0 saturated carbocycles. The molecule has 1 N–H and O–H groups in total. The highest BCUT2D eigenvalue weighted by atomic mass is 32.2. The molecule has 0 radical (unpaired) electrons. The van der Waals surface area contributed by atoms with Gasteiger partial charge in [0.2, 0.25) is 0 Å². The summed E-state index contributed by atoms with van der Waals surface area (Å²) in [5.74, 6) is 0. The van der Waals surface area contributed by atoms with E-state index >= 15 is 0 Å². The smallest absolute Gasteiger partial charge is 0.154 e. The third-order valence-corrected chi connectivity index (χ3v) is 6.02. The van der Waals surface area contributed by atoms with Crippen LogP contribution < -0.4 is 5.32 Å². The molecule has 1 atom stereocenters. The van der Waals surface area contributed by atoms with Gasteiger partial charge in [0, 0.05) is 30.6 Å². The van der Waals surface area contributed by atoms with Crippen LogP contribution >= 0.6 is 0 Å². The Morgan fingerprint density at radius 2 is 2.00 bits per heavy atom. The second-order valence-electron chi connectivity index (χ2n) is 5.91. The van der Waals surface area contributed by atoms with E-state index in [4.69, 9.17) is 0 Å². The third kappa shape index (κ3) is 4.28. The van der Waals surface area contributed by atoms with Crippen LogP contribution in [-0.4, -0.2) is 37.0 Å². The Bertz CT molecular complexity index is 521. The zero-order chi connectivity index (χ0) is 15.4. The first-order valence-electron chi connectivity index (χ1n) is 7.03. The van der Waals surface area contributed by atoms with E-state index in [9.17, 15) is 8.42 Å². The number of nitrogens with one attached hydrogen (secondary N) is 1. The lowest BCUT2D eigenvalue weighted by Crippen LogP contribution is -2.53. The van der Waals surface area contributed by atoms with Crippen LogP contribution in [0.4, 0.5) is 0 Å². The van der Waals surface area contributed by atoms with Gasteiger partial charge in [0.1, 0.15) is 0 Å². The third-order valence-electron chi connectivity index (χ3n) is 3.82. The number of hydrogen-bond donors (Lipinski definition) is 1. The standard InChI is InChI=1S/C15H26N2O2S/c1-6-9-16-14(15(3,4)20(5,18)19)10-13-8-7-12(2)11-17-13/h7-8,11,14,16H,6,9-10H2,1-5H3. The molecule has 114 valence electrons. The number of nitrogens with zero attached hydrogens (tertiary/aromatic N) is 1. The van der Waals surface area contributed by atoms with Crippen LogP contribution in [0, 0.1) is 6.92 Å². The van der Waals surface area contributed by atoms with Gasteiger partial charge >= 0.3 is 0 Å². The van der Waals surface area contributed by atoms with Crippen molar-refractivity contribution in [3.8, 4) is 0 Å². The van der Waals surface area contributed by atoms with Crippen LogP contribution in [0.15, 0.2) is 18.3 Å². The van der Waals surface area contributed by atoms with E-state index in [0.29, 0.717) is 6.42 Å². The summed E-state index contributed by atoms with van der Waals surface area (Å²) >= 11 is 0. The maximum absolute atomic E-state index is 12.0. The minimum Gasteiger partial charge on any atom is -0.312 e. The molecule has 0 aliphatic heterocycles. The minimum absolute atomic E-state index is 0.146. The number of aryl methyl sites for hydroxylation is 1. The molecule has 0 saturated heterocycles. The molecule has 1 heterocycles. The number of pyridine rings is 1. The Morgan fingerprint density at radius 1 is 1.35 bits per heavy atom. The maximum Gasteiger partial charge on any atom is 0.154 e. The molecule has 0 spiro atoms. The molecule has 0 fully saturated rings. The van der Waals surface area contributed by atoms with E-state index in [-0.39, 0.29) is 6.04 Å². The second-order valence-corrected chi connectivity index (χ2v) is 8.51. The summed E-state index contributed by atoms with van der Waals surface area (Å²) in [7, 11) is -3.15. The molecule has 0 aliphatic rings. The van der Waals surface area contributed by atoms with Gasteiger partial charge in [-0.15, -0.1) is 0 Å². The predicted octanol–water partition coefficient (Wildman–Crippen LogP) is 2.12. The summed E-state index contributed by atoms with van der Waals surface area (Å²) in [5, 5.41) is 3.36. The molecule has 4 nitrogen and oxygen atoms in total. The molecule has 1 unspecified atom stereocenters. The summed E-state index contributed by atoms with van der Waals surface area (Å²) in [4.78, 5) is 4.39. The van der Waals surface area contributed by atoms with E-state index in [1.807, 2.05) is 25.3 Å². The van der Waals surface area contributed by atoms with Crippen molar-refractivity contribution in [2.45, 2.75) is 51.3 Å². The quantitative estimate of drug-likeness (QED) is 0.838. The maximum atomic E-state index is 12.0. The summed E-state index contributed by atoms with van der Waals surface area (Å²) in [6, 6.07) is 3.83. The summed E-state index contributed by atoms with van der Waals surface area (Å²) < 4.78 is 23.3. The first-order valence-corrected chi connectivity index (χ1v) is 8.92. The molecular weight excluding hydrogens is 272 g/mol. The summed E-state index contributed by atoms with van der Waals surface area (Å²) in [6.45, 7) is 8.43. The number of hydrogen-bond acceptors (Lipinski definition) is 4. The number of aromatic nitrogens is 1. The van der Waals surface area contributed by atoms with Crippen molar-refractivity contribution in [2.75, 3.05) is 12.8 Å². The number of rotatable bonds is 7. The van der Waals surface area contributed by atoms with Gasteiger partial charge in [-0.25, -0.2) is 8.42 Å². The van der Waals surface area contributed by atoms with Crippen molar-refractivity contribution in [1.29, 1.82) is 0 Å². The van der Waals surface area contributed by atoms with Crippen molar-refractivity contribution in [1.82, 2.24) is 10.3 Å². The van der Waals surface area contributed by atoms with E-state index in [1.165, 1.54) is 6.26 Å². The van der Waals surface area contributed by atoms with E-state index in [1.54, 1.807) is 13.8 Å². The van der Waals surface area contributed by atoms with Crippen molar-refractivity contribution >= 4 is 9.84 Å². The molecule has 0 aromatic carbocycles. The van der Waals surface area contributed by atoms with Crippen LogP contribution in [0.25, 0.3) is 0 Å². The average molecular weight is 298 g/mol. The summed E-state index contributed by atoms with van der Waals surface area (Å²) in [5.41, 5.74) is 2.02. The largest absolute Gasteiger partial charge is 0.312 e. The Morgan fingerprint density at radius 3 is 2.45 bits per heavy atom. The lowest BCUT2D eigenvalue weighted by atomic mass is 9.97. The van der Waals surface area contributed by atoms with Crippen LogP contribution in [-0.2, 0) is 16.3 Å². The number of sulfone groups is 1. The average Bonchev–Trinajstić information content (AvgIpc) is 2.35. The van der Waals surface area contributed by atoms with Gasteiger partial charge in [-0.05, 0) is 45.4 Å². The van der Waals surface area contributed by atoms with Crippen LogP contribution in [0.5, 0.6) is 0 Å². The lowest BCUT2D eigenvalue weighted by molar-refractivity contribution is 0.403. The molecular formula is C15H26N2O2S. The highest BCUT2D eigenvalue weighted by molar-refractivity contribution is 7.92. The van der Waals surface area contributed by atoms with E-state index in [2.05, 4.69) is 17.2 Å². The fourth-order valence-electron chi connectivity index (χ4n) is 1.97. The zero-order valence-electron chi connectivity index (χ0n) is 13.1. The van der Waals surface area contributed by atoms with Crippen molar-refractivity contribution in [3.05, 3.63) is 29.6 Å². The van der Waals surface area contributed by atoms with Crippen molar-refractivity contribution in [2.24, 2.45) is 0 Å². The molecule has 20 heavy (non-hydrogen) atoms. The van der Waals surface area contributed by atoms with Gasteiger partial charge in [0.15, 0.2) is 9.84 Å². The first-order chi connectivity index (χ1) is 9.18.